The Morgan fingerprint density at radius 2 is 1.81 bits per heavy atom. The lowest BCUT2D eigenvalue weighted by atomic mass is 9.90. The number of carbonyl (C=O) groups is 3. The summed E-state index contributed by atoms with van der Waals surface area (Å²) in [4.78, 5) is 39.3. The summed E-state index contributed by atoms with van der Waals surface area (Å²) in [6.07, 6.45) is 0. The molecule has 1 saturated heterocycles. The Hall–Kier alpha value is -3.39. The Labute approximate surface area is 193 Å². The fourth-order valence-electron chi connectivity index (χ4n) is 3.76. The van der Waals surface area contributed by atoms with Crippen LogP contribution in [-0.4, -0.2) is 36.4 Å². The second kappa shape index (κ2) is 8.27. The topological polar surface area (TPSA) is 87.7 Å². The molecule has 4 amide bonds. The summed E-state index contributed by atoms with van der Waals surface area (Å²) >= 11 is 3.41. The van der Waals surface area contributed by atoms with Crippen LogP contribution >= 0.6 is 15.9 Å². The quantitative estimate of drug-likeness (QED) is 0.515. The van der Waals surface area contributed by atoms with Gasteiger partial charge in [-0.05, 0) is 72.1 Å². The van der Waals surface area contributed by atoms with Gasteiger partial charge in [0.25, 0.3) is 5.91 Å². The van der Waals surface area contributed by atoms with E-state index in [0.717, 1.165) is 31.5 Å². The van der Waals surface area contributed by atoms with Crippen molar-refractivity contribution in [1.29, 1.82) is 0 Å². The molecule has 8 heteroatoms. The van der Waals surface area contributed by atoms with E-state index in [2.05, 4.69) is 26.6 Å². The highest BCUT2D eigenvalue weighted by atomic mass is 79.9. The first-order valence-electron chi connectivity index (χ1n) is 9.99. The average Bonchev–Trinajstić information content (AvgIpc) is 2.99. The van der Waals surface area contributed by atoms with Gasteiger partial charge in [0, 0.05) is 10.2 Å². The van der Waals surface area contributed by atoms with Crippen LogP contribution in [0.5, 0.6) is 5.75 Å². The first-order chi connectivity index (χ1) is 15.2. The van der Waals surface area contributed by atoms with E-state index in [4.69, 9.17) is 4.74 Å². The maximum Gasteiger partial charge on any atom is 0.325 e. The van der Waals surface area contributed by atoms with Crippen LogP contribution in [0.25, 0.3) is 10.8 Å². The molecular formula is C24H22BrN3O4. The van der Waals surface area contributed by atoms with E-state index >= 15 is 0 Å². The summed E-state index contributed by atoms with van der Waals surface area (Å²) in [7, 11) is 1.60. The predicted octanol–water partition coefficient (Wildman–Crippen LogP) is 4.33. The normalized spacial score (nSPS) is 18.1. The molecule has 1 fully saturated rings. The van der Waals surface area contributed by atoms with Crippen LogP contribution in [0, 0.1) is 6.92 Å². The van der Waals surface area contributed by atoms with Crippen LogP contribution in [0.2, 0.25) is 0 Å². The Morgan fingerprint density at radius 3 is 2.53 bits per heavy atom. The molecule has 164 valence electrons. The number of carbonyl (C=O) groups excluding carboxylic acids is 3. The predicted molar refractivity (Wildman–Crippen MR) is 126 cm³/mol. The molecule has 0 bridgehead atoms. The lowest BCUT2D eigenvalue weighted by Gasteiger charge is -2.22. The van der Waals surface area contributed by atoms with Crippen LogP contribution in [0.4, 0.5) is 10.5 Å². The lowest BCUT2D eigenvalue weighted by molar-refractivity contribution is -0.133. The number of ether oxygens (including phenoxy) is 1. The van der Waals surface area contributed by atoms with Gasteiger partial charge in [-0.15, -0.1) is 0 Å². The minimum absolute atomic E-state index is 0.375. The average molecular weight is 496 g/mol. The van der Waals surface area contributed by atoms with E-state index in [0.29, 0.717) is 11.3 Å². The zero-order valence-corrected chi connectivity index (χ0v) is 19.4. The number of anilines is 1. The molecule has 32 heavy (non-hydrogen) atoms. The zero-order valence-electron chi connectivity index (χ0n) is 17.9. The van der Waals surface area contributed by atoms with E-state index in [-0.39, 0.29) is 6.54 Å². The van der Waals surface area contributed by atoms with Crippen LogP contribution in [0.3, 0.4) is 0 Å². The number of aryl methyl sites for hydroxylation is 1. The van der Waals surface area contributed by atoms with Crippen LogP contribution < -0.4 is 15.4 Å². The van der Waals surface area contributed by atoms with Gasteiger partial charge in [0.1, 0.15) is 17.8 Å². The number of nitrogens with one attached hydrogen (secondary N) is 2. The SMILES string of the molecule is COc1ccc2cc(C3(C)NC(=O)N(CC(=O)Nc4ccc(Br)c(C)c4)C3=O)ccc2c1. The number of hydrogen-bond acceptors (Lipinski definition) is 4. The number of benzene rings is 3. The summed E-state index contributed by atoms with van der Waals surface area (Å²) < 4.78 is 6.18. The van der Waals surface area contributed by atoms with Gasteiger partial charge in [0.15, 0.2) is 0 Å². The highest BCUT2D eigenvalue weighted by Crippen LogP contribution is 2.32. The number of fused-ring (bicyclic) bond motifs is 1. The van der Waals surface area contributed by atoms with E-state index in [1.807, 2.05) is 49.4 Å². The number of halogens is 1. The van der Waals surface area contributed by atoms with Gasteiger partial charge >= 0.3 is 6.03 Å². The smallest absolute Gasteiger partial charge is 0.325 e. The summed E-state index contributed by atoms with van der Waals surface area (Å²) in [5.41, 5.74) is 0.925. The number of nitrogens with zero attached hydrogens (tertiary/aromatic N) is 1. The van der Waals surface area contributed by atoms with Crippen LogP contribution in [0.1, 0.15) is 18.1 Å². The molecule has 0 radical (unpaired) electrons. The number of rotatable bonds is 5. The minimum atomic E-state index is -1.26. The first kappa shape index (κ1) is 21.8. The molecule has 4 rings (SSSR count). The van der Waals surface area contributed by atoms with Gasteiger partial charge in [-0.1, -0.05) is 34.1 Å². The van der Waals surface area contributed by atoms with Gasteiger partial charge in [-0.2, -0.15) is 0 Å². The molecular weight excluding hydrogens is 474 g/mol. The van der Waals surface area contributed by atoms with Crippen LogP contribution in [-0.2, 0) is 15.1 Å². The molecule has 2 N–H and O–H groups in total. The van der Waals surface area contributed by atoms with Gasteiger partial charge in [0.2, 0.25) is 5.91 Å². The standard InChI is InChI=1S/C24H22BrN3O4/c1-14-10-18(7-9-20(14)25)26-21(29)13-28-22(30)24(2,27-23(28)31)17-6-4-16-12-19(32-3)8-5-15(16)11-17/h4-12H,13H2,1-3H3,(H,26,29)(H,27,31). The second-order valence-corrected chi connectivity index (χ2v) is 8.74. The molecule has 1 unspecified atom stereocenters. The molecule has 1 atom stereocenters. The number of urea groups is 1. The van der Waals surface area contributed by atoms with Crippen molar-refractivity contribution in [2.24, 2.45) is 0 Å². The highest BCUT2D eigenvalue weighted by molar-refractivity contribution is 9.10. The van der Waals surface area contributed by atoms with Gasteiger partial charge in [-0.25, -0.2) is 4.79 Å². The second-order valence-electron chi connectivity index (χ2n) is 7.89. The van der Waals surface area contributed by atoms with Gasteiger partial charge in [0.05, 0.1) is 7.11 Å². The molecule has 0 aromatic heterocycles. The fraction of sp³-hybridized carbons (Fsp3) is 0.208. The van der Waals surface area contributed by atoms with Crippen molar-refractivity contribution >= 4 is 50.2 Å². The third kappa shape index (κ3) is 3.93. The first-order valence-corrected chi connectivity index (χ1v) is 10.8. The molecule has 3 aromatic carbocycles. The fourth-order valence-corrected chi connectivity index (χ4v) is 4.01. The van der Waals surface area contributed by atoms with E-state index in [9.17, 15) is 14.4 Å². The van der Waals surface area contributed by atoms with Crippen LogP contribution in [0.15, 0.2) is 59.1 Å². The van der Waals surface area contributed by atoms with Gasteiger partial charge < -0.3 is 15.4 Å². The molecule has 0 aliphatic carbocycles. The maximum atomic E-state index is 13.2. The highest BCUT2D eigenvalue weighted by Gasteiger charge is 2.49. The molecule has 1 aliphatic rings. The van der Waals surface area contributed by atoms with E-state index < -0.39 is 23.4 Å². The Balaban J connectivity index is 1.54. The summed E-state index contributed by atoms with van der Waals surface area (Å²) in [6.45, 7) is 3.18. The number of hydrogen-bond donors (Lipinski definition) is 2. The van der Waals surface area contributed by atoms with Crippen molar-refractivity contribution in [3.05, 3.63) is 70.2 Å². The van der Waals surface area contributed by atoms with E-state index in [1.54, 1.807) is 26.2 Å². The Morgan fingerprint density at radius 1 is 1.09 bits per heavy atom. The van der Waals surface area contributed by atoms with Crippen molar-refractivity contribution in [3.63, 3.8) is 0 Å². The minimum Gasteiger partial charge on any atom is -0.497 e. The maximum absolute atomic E-state index is 13.2. The van der Waals surface area contributed by atoms with E-state index in [1.165, 1.54) is 0 Å². The summed E-state index contributed by atoms with van der Waals surface area (Å²) in [5, 5.41) is 7.34. The number of amides is 4. The van der Waals surface area contributed by atoms with Crippen molar-refractivity contribution in [2.75, 3.05) is 19.0 Å². The number of methoxy groups -OCH3 is 1. The number of imide groups is 1. The van der Waals surface area contributed by atoms with Crippen molar-refractivity contribution in [3.8, 4) is 5.75 Å². The molecule has 7 nitrogen and oxygen atoms in total. The zero-order chi connectivity index (χ0) is 23.0. The van der Waals surface area contributed by atoms with Crippen molar-refractivity contribution in [1.82, 2.24) is 10.2 Å². The monoisotopic (exact) mass is 495 g/mol. The molecule has 0 spiro atoms. The molecule has 1 heterocycles. The van der Waals surface area contributed by atoms with Crippen molar-refractivity contribution in [2.45, 2.75) is 19.4 Å². The molecule has 3 aromatic rings. The lowest BCUT2D eigenvalue weighted by Crippen LogP contribution is -2.42. The summed E-state index contributed by atoms with van der Waals surface area (Å²) in [5.74, 6) is -0.192. The molecule has 1 aliphatic heterocycles. The Kier molecular flexibility index (Phi) is 5.64. The summed E-state index contributed by atoms with van der Waals surface area (Å²) in [6, 6.07) is 15.9. The van der Waals surface area contributed by atoms with Gasteiger partial charge in [-0.3, -0.25) is 14.5 Å². The molecule has 0 saturated carbocycles. The third-order valence-corrected chi connectivity index (χ3v) is 6.53. The van der Waals surface area contributed by atoms with Crippen molar-refractivity contribution < 1.29 is 19.1 Å². The third-order valence-electron chi connectivity index (χ3n) is 5.64. The largest absolute Gasteiger partial charge is 0.497 e. The Bertz CT molecular complexity index is 1260.